The van der Waals surface area contributed by atoms with Crippen LogP contribution in [0.15, 0.2) is 10.2 Å². The van der Waals surface area contributed by atoms with E-state index in [1.807, 2.05) is 0 Å². The Morgan fingerprint density at radius 1 is 1.48 bits per heavy atom. The van der Waals surface area contributed by atoms with E-state index in [-0.39, 0.29) is 18.7 Å². The molecule has 0 spiro atoms. The Hall–Kier alpha value is -1.84. The minimum atomic E-state index is -4.47. The first-order chi connectivity index (χ1) is 9.76. The predicted molar refractivity (Wildman–Crippen MR) is 68.1 cm³/mol. The second-order valence-electron chi connectivity index (χ2n) is 4.61. The molecular weight excluding hydrogens is 311 g/mol. The summed E-state index contributed by atoms with van der Waals surface area (Å²) in [6, 6.07) is -1.00. The van der Waals surface area contributed by atoms with Crippen LogP contribution in [0.2, 0.25) is 0 Å². The van der Waals surface area contributed by atoms with Crippen LogP contribution in [0.4, 0.5) is 13.2 Å². The van der Waals surface area contributed by atoms with E-state index in [0.717, 1.165) is 11.3 Å². The molecule has 1 unspecified atom stereocenters. The minimum Gasteiger partial charge on any atom is -0.339 e. The van der Waals surface area contributed by atoms with Gasteiger partial charge in [-0.3, -0.25) is 14.4 Å². The summed E-state index contributed by atoms with van der Waals surface area (Å²) in [5.41, 5.74) is -0.00857. The number of thiazole rings is 1. The smallest absolute Gasteiger partial charge is 0.339 e. The fourth-order valence-corrected chi connectivity index (χ4v) is 2.63. The van der Waals surface area contributed by atoms with E-state index in [0.29, 0.717) is 11.3 Å². The van der Waals surface area contributed by atoms with Gasteiger partial charge in [-0.15, -0.1) is 0 Å². The first kappa shape index (κ1) is 15.5. The average molecular weight is 323 g/mol. The second kappa shape index (κ2) is 5.88. The lowest BCUT2D eigenvalue weighted by atomic mass is 10.0. The van der Waals surface area contributed by atoms with Crippen molar-refractivity contribution in [1.82, 2.24) is 15.2 Å². The van der Waals surface area contributed by atoms with Gasteiger partial charge in [-0.1, -0.05) is 11.3 Å². The summed E-state index contributed by atoms with van der Waals surface area (Å²) in [7, 11) is 0. The van der Waals surface area contributed by atoms with Gasteiger partial charge in [0.15, 0.2) is 0 Å². The highest BCUT2D eigenvalue weighted by molar-refractivity contribution is 7.07. The first-order valence-electron chi connectivity index (χ1n) is 6.10. The van der Waals surface area contributed by atoms with E-state index < -0.39 is 35.5 Å². The molecule has 2 amide bonds. The zero-order chi connectivity index (χ0) is 15.6. The zero-order valence-corrected chi connectivity index (χ0v) is 11.5. The van der Waals surface area contributed by atoms with E-state index in [1.165, 1.54) is 5.38 Å². The largest absolute Gasteiger partial charge is 0.406 e. The first-order valence-corrected chi connectivity index (χ1v) is 6.98. The molecule has 0 saturated carbocycles. The molecule has 1 saturated heterocycles. The number of alkyl halides is 3. The van der Waals surface area contributed by atoms with Gasteiger partial charge in [0.1, 0.15) is 18.3 Å². The molecule has 1 aromatic rings. The third kappa shape index (κ3) is 4.06. The number of aromatic nitrogens is 1. The van der Waals surface area contributed by atoms with Crippen LogP contribution in [0, 0.1) is 0 Å². The van der Waals surface area contributed by atoms with Gasteiger partial charge in [-0.25, -0.2) is 0 Å². The lowest BCUT2D eigenvalue weighted by molar-refractivity contribution is -0.164. The topological polar surface area (TPSA) is 82.3 Å². The normalized spacial score (nSPS) is 19.7. The number of likely N-dealkylation sites (tertiary alicyclic amines) is 1. The van der Waals surface area contributed by atoms with E-state index in [2.05, 4.69) is 10.3 Å². The van der Waals surface area contributed by atoms with Crippen molar-refractivity contribution in [3.05, 3.63) is 20.7 Å². The quantitative estimate of drug-likeness (QED) is 0.860. The number of nitrogens with one attached hydrogen (secondary N) is 2. The summed E-state index contributed by atoms with van der Waals surface area (Å²) in [5.74, 6) is -1.44. The highest BCUT2D eigenvalue weighted by Gasteiger charge is 2.37. The number of H-pyrrole nitrogens is 1. The molecule has 0 aliphatic carbocycles. The molecule has 2 heterocycles. The summed E-state index contributed by atoms with van der Waals surface area (Å²) >= 11 is 0.788. The highest BCUT2D eigenvalue weighted by Crippen LogP contribution is 2.20. The highest BCUT2D eigenvalue weighted by atomic mass is 32.1. The Morgan fingerprint density at radius 2 is 2.19 bits per heavy atom. The number of carbonyl (C=O) groups excluding carboxylic acids is 2. The summed E-state index contributed by atoms with van der Waals surface area (Å²) in [6.45, 7) is -1.31. The number of carbonyl (C=O) groups is 2. The summed E-state index contributed by atoms with van der Waals surface area (Å²) in [6.07, 6.45) is -3.83. The Morgan fingerprint density at radius 3 is 2.76 bits per heavy atom. The predicted octanol–water partition coefficient (Wildman–Crippen LogP) is 0.719. The van der Waals surface area contributed by atoms with Crippen LogP contribution >= 0.6 is 11.3 Å². The maximum atomic E-state index is 12.4. The molecule has 0 radical (unpaired) electrons. The molecule has 1 atom stereocenters. The maximum Gasteiger partial charge on any atom is 0.406 e. The molecule has 1 aliphatic rings. The van der Waals surface area contributed by atoms with E-state index in [4.69, 9.17) is 0 Å². The van der Waals surface area contributed by atoms with Crippen molar-refractivity contribution in [3.8, 4) is 0 Å². The van der Waals surface area contributed by atoms with Crippen molar-refractivity contribution in [2.75, 3.05) is 13.1 Å². The lowest BCUT2D eigenvalue weighted by Crippen LogP contribution is -2.54. The molecule has 116 valence electrons. The van der Waals surface area contributed by atoms with Crippen molar-refractivity contribution in [1.29, 1.82) is 0 Å². The Bertz CT molecular complexity index is 595. The molecule has 1 fully saturated rings. The summed E-state index contributed by atoms with van der Waals surface area (Å²) in [4.78, 5) is 37.2. The number of hydrogen-bond acceptors (Lipinski definition) is 4. The third-order valence-electron chi connectivity index (χ3n) is 2.97. The van der Waals surface area contributed by atoms with Crippen molar-refractivity contribution >= 4 is 23.2 Å². The van der Waals surface area contributed by atoms with E-state index in [1.54, 1.807) is 0 Å². The molecule has 0 aromatic carbocycles. The number of nitrogens with zero attached hydrogens (tertiary/aromatic N) is 1. The molecule has 1 aliphatic heterocycles. The van der Waals surface area contributed by atoms with Crippen LogP contribution in [-0.4, -0.2) is 47.0 Å². The molecule has 2 rings (SSSR count). The van der Waals surface area contributed by atoms with Crippen LogP contribution in [-0.2, 0) is 4.79 Å². The molecular formula is C11H12F3N3O3S. The van der Waals surface area contributed by atoms with Gasteiger partial charge in [0, 0.05) is 11.9 Å². The van der Waals surface area contributed by atoms with Gasteiger partial charge in [-0.05, 0) is 12.8 Å². The van der Waals surface area contributed by atoms with Gasteiger partial charge in [0.05, 0.1) is 0 Å². The van der Waals surface area contributed by atoms with Gasteiger partial charge in [-0.2, -0.15) is 13.2 Å². The standard InChI is InChI=1S/C11H12F3N3O3S/c12-11(13,14)5-17-3-1-2-6(9(17)19)15-8(18)7-4-21-10(20)16-7/h4,6H,1-3,5H2,(H,15,18)(H,16,20). The van der Waals surface area contributed by atoms with Crippen molar-refractivity contribution in [2.24, 2.45) is 0 Å². The SMILES string of the molecule is O=C(NC1CCCN(CC(F)(F)F)C1=O)c1csc(=O)[nH]1. The molecule has 21 heavy (non-hydrogen) atoms. The molecule has 10 heteroatoms. The van der Waals surface area contributed by atoms with Crippen molar-refractivity contribution in [2.45, 2.75) is 25.1 Å². The average Bonchev–Trinajstić information content (AvgIpc) is 2.79. The number of amides is 2. The van der Waals surface area contributed by atoms with Crippen LogP contribution in [0.5, 0.6) is 0 Å². The Kier molecular flexibility index (Phi) is 4.35. The summed E-state index contributed by atoms with van der Waals surface area (Å²) < 4.78 is 37.1. The second-order valence-corrected chi connectivity index (χ2v) is 5.45. The van der Waals surface area contributed by atoms with Crippen molar-refractivity contribution < 1.29 is 22.8 Å². The molecule has 0 bridgehead atoms. The molecule has 2 N–H and O–H groups in total. The maximum absolute atomic E-state index is 12.4. The number of rotatable bonds is 3. The number of aromatic amines is 1. The molecule has 1 aromatic heterocycles. The number of hydrogen-bond donors (Lipinski definition) is 2. The van der Waals surface area contributed by atoms with Crippen LogP contribution in [0.25, 0.3) is 0 Å². The zero-order valence-electron chi connectivity index (χ0n) is 10.7. The van der Waals surface area contributed by atoms with Crippen LogP contribution < -0.4 is 10.2 Å². The van der Waals surface area contributed by atoms with Gasteiger partial charge in [0.2, 0.25) is 5.91 Å². The van der Waals surface area contributed by atoms with Crippen LogP contribution in [0.1, 0.15) is 23.3 Å². The third-order valence-corrected chi connectivity index (χ3v) is 3.64. The Labute approximate surface area is 120 Å². The van der Waals surface area contributed by atoms with Crippen LogP contribution in [0.3, 0.4) is 0 Å². The van der Waals surface area contributed by atoms with Crippen molar-refractivity contribution in [3.63, 3.8) is 0 Å². The lowest BCUT2D eigenvalue weighted by Gasteiger charge is -2.32. The van der Waals surface area contributed by atoms with E-state index >= 15 is 0 Å². The fraction of sp³-hybridized carbons (Fsp3) is 0.545. The number of piperidine rings is 1. The fourth-order valence-electron chi connectivity index (χ4n) is 2.08. The van der Waals surface area contributed by atoms with Gasteiger partial charge >= 0.3 is 11.0 Å². The van der Waals surface area contributed by atoms with Gasteiger partial charge < -0.3 is 15.2 Å². The number of halogens is 3. The minimum absolute atomic E-state index is 0.00857. The summed E-state index contributed by atoms with van der Waals surface area (Å²) in [5, 5.41) is 3.64. The van der Waals surface area contributed by atoms with E-state index in [9.17, 15) is 27.6 Å². The molecule has 6 nitrogen and oxygen atoms in total. The van der Waals surface area contributed by atoms with Gasteiger partial charge in [0.25, 0.3) is 5.91 Å². The monoisotopic (exact) mass is 323 g/mol. The Balaban J connectivity index is 2.01.